The van der Waals surface area contributed by atoms with Crippen LogP contribution in [0.3, 0.4) is 0 Å². The third kappa shape index (κ3) is 2.95. The third-order valence-electron chi connectivity index (χ3n) is 2.04. The van der Waals surface area contributed by atoms with E-state index in [4.69, 9.17) is 10.5 Å². The topological polar surface area (TPSA) is 78.4 Å². The maximum atomic E-state index is 10.7. The van der Waals surface area contributed by atoms with Crippen molar-refractivity contribution in [2.45, 2.75) is 6.04 Å². The van der Waals surface area contributed by atoms with E-state index in [2.05, 4.69) is 6.58 Å². The third-order valence-corrected chi connectivity index (χ3v) is 2.04. The van der Waals surface area contributed by atoms with Crippen LogP contribution in [-0.2, 0) is 0 Å². The number of ether oxygens (including phenoxy) is 1. The van der Waals surface area contributed by atoms with Gasteiger partial charge in [-0.25, -0.2) is 0 Å². The first-order chi connectivity index (χ1) is 7.10. The van der Waals surface area contributed by atoms with Gasteiger partial charge in [-0.2, -0.15) is 0 Å². The van der Waals surface area contributed by atoms with Crippen molar-refractivity contribution in [3.8, 4) is 5.75 Å². The maximum Gasteiger partial charge on any atom is 0.311 e. The fraction of sp³-hybridized carbons (Fsp3) is 0.200. The Hall–Kier alpha value is -1.59. The molecule has 5 nitrogen and oxygen atoms in total. The summed E-state index contributed by atoms with van der Waals surface area (Å²) in [5.41, 5.74) is 6.22. The molecule has 0 saturated heterocycles. The number of methoxy groups -OCH3 is 1. The van der Waals surface area contributed by atoms with E-state index in [0.717, 1.165) is 0 Å². The first-order valence-electron chi connectivity index (χ1n) is 4.30. The molecule has 0 heterocycles. The van der Waals surface area contributed by atoms with Crippen molar-refractivity contribution >= 4 is 18.1 Å². The lowest BCUT2D eigenvalue weighted by molar-refractivity contribution is -0.385. The van der Waals surface area contributed by atoms with Crippen LogP contribution in [0.5, 0.6) is 5.75 Å². The first-order valence-corrected chi connectivity index (χ1v) is 4.30. The molecule has 6 heteroatoms. The summed E-state index contributed by atoms with van der Waals surface area (Å²) in [6.07, 6.45) is 1.52. The van der Waals surface area contributed by atoms with Crippen LogP contribution in [0.15, 0.2) is 30.9 Å². The number of nitrogens with two attached hydrogens (primary N) is 1. The Bertz CT molecular complexity index is 396. The van der Waals surface area contributed by atoms with E-state index >= 15 is 0 Å². The summed E-state index contributed by atoms with van der Waals surface area (Å²) in [7, 11) is 1.38. The van der Waals surface area contributed by atoms with E-state index in [1.165, 1.54) is 25.3 Å². The van der Waals surface area contributed by atoms with Gasteiger partial charge in [0.1, 0.15) is 0 Å². The number of halogens is 1. The number of nitro groups is 1. The Morgan fingerprint density at radius 3 is 2.69 bits per heavy atom. The van der Waals surface area contributed by atoms with Crippen LogP contribution in [0.1, 0.15) is 11.6 Å². The van der Waals surface area contributed by atoms with E-state index in [9.17, 15) is 10.1 Å². The van der Waals surface area contributed by atoms with E-state index in [1.54, 1.807) is 6.07 Å². The average Bonchev–Trinajstić information content (AvgIpc) is 2.27. The van der Waals surface area contributed by atoms with Crippen molar-refractivity contribution in [2.75, 3.05) is 7.11 Å². The van der Waals surface area contributed by atoms with E-state index in [1.807, 2.05) is 0 Å². The normalized spacial score (nSPS) is 11.1. The van der Waals surface area contributed by atoms with Crippen molar-refractivity contribution in [1.82, 2.24) is 0 Å². The molecule has 1 rings (SSSR count). The van der Waals surface area contributed by atoms with E-state index in [-0.39, 0.29) is 23.8 Å². The second kappa shape index (κ2) is 6.09. The molecule has 0 radical (unpaired) electrons. The Balaban J connectivity index is 0.00000225. The van der Waals surface area contributed by atoms with Gasteiger partial charge in [-0.3, -0.25) is 10.1 Å². The van der Waals surface area contributed by atoms with Gasteiger partial charge in [0.05, 0.1) is 12.0 Å². The molecule has 1 aromatic rings. The van der Waals surface area contributed by atoms with Gasteiger partial charge < -0.3 is 10.5 Å². The average molecular weight is 245 g/mol. The second-order valence-corrected chi connectivity index (χ2v) is 2.95. The Labute approximate surface area is 99.5 Å². The highest BCUT2D eigenvalue weighted by Crippen LogP contribution is 2.29. The predicted molar refractivity (Wildman–Crippen MR) is 64.0 cm³/mol. The lowest BCUT2D eigenvalue weighted by atomic mass is 10.1. The number of hydrogen-bond donors (Lipinski definition) is 1. The smallest absolute Gasteiger partial charge is 0.311 e. The monoisotopic (exact) mass is 244 g/mol. The van der Waals surface area contributed by atoms with Gasteiger partial charge in [-0.15, -0.1) is 19.0 Å². The largest absolute Gasteiger partial charge is 0.490 e. The molecule has 16 heavy (non-hydrogen) atoms. The molecular weight excluding hydrogens is 232 g/mol. The fourth-order valence-corrected chi connectivity index (χ4v) is 1.19. The molecule has 0 aliphatic heterocycles. The quantitative estimate of drug-likeness (QED) is 0.500. The number of benzene rings is 1. The molecule has 0 aromatic heterocycles. The van der Waals surface area contributed by atoms with Gasteiger partial charge in [-0.1, -0.05) is 12.1 Å². The number of hydrogen-bond acceptors (Lipinski definition) is 4. The summed E-state index contributed by atoms with van der Waals surface area (Å²) in [4.78, 5) is 10.2. The molecule has 0 aliphatic carbocycles. The molecule has 1 atom stereocenters. The zero-order valence-electron chi connectivity index (χ0n) is 8.75. The molecule has 0 aliphatic rings. The Morgan fingerprint density at radius 1 is 1.62 bits per heavy atom. The zero-order chi connectivity index (χ0) is 11.4. The molecule has 88 valence electrons. The van der Waals surface area contributed by atoms with E-state index in [0.29, 0.717) is 5.56 Å². The number of nitrogens with zero attached hydrogens (tertiary/aromatic N) is 1. The standard InChI is InChI=1S/C10H12N2O3.ClH/c1-3-8(11)7-4-5-10(15-2)9(6-7)12(13)14;/h3-6,8H,1,11H2,2H3;1H/t8-;/m0./s1. The lowest BCUT2D eigenvalue weighted by Crippen LogP contribution is -2.07. The summed E-state index contributed by atoms with van der Waals surface area (Å²) in [6, 6.07) is 4.19. The van der Waals surface area contributed by atoms with Crippen LogP contribution in [0.25, 0.3) is 0 Å². The van der Waals surface area contributed by atoms with Crippen LogP contribution in [0.4, 0.5) is 5.69 Å². The molecule has 0 bridgehead atoms. The molecule has 0 unspecified atom stereocenters. The van der Waals surface area contributed by atoms with Gasteiger partial charge in [0.2, 0.25) is 0 Å². The van der Waals surface area contributed by atoms with Crippen LogP contribution in [-0.4, -0.2) is 12.0 Å². The van der Waals surface area contributed by atoms with Crippen molar-refractivity contribution in [3.63, 3.8) is 0 Å². The van der Waals surface area contributed by atoms with Crippen LogP contribution >= 0.6 is 12.4 Å². The summed E-state index contributed by atoms with van der Waals surface area (Å²) in [5.74, 6) is 0.222. The molecule has 0 amide bonds. The van der Waals surface area contributed by atoms with Crippen molar-refractivity contribution < 1.29 is 9.66 Å². The summed E-state index contributed by atoms with van der Waals surface area (Å²) in [6.45, 7) is 3.53. The van der Waals surface area contributed by atoms with Gasteiger partial charge in [0.15, 0.2) is 5.75 Å². The second-order valence-electron chi connectivity index (χ2n) is 2.95. The van der Waals surface area contributed by atoms with Crippen molar-refractivity contribution in [2.24, 2.45) is 5.73 Å². The fourth-order valence-electron chi connectivity index (χ4n) is 1.19. The summed E-state index contributed by atoms with van der Waals surface area (Å²) >= 11 is 0. The van der Waals surface area contributed by atoms with Crippen LogP contribution < -0.4 is 10.5 Å². The molecule has 1 aromatic carbocycles. The molecule has 0 spiro atoms. The van der Waals surface area contributed by atoms with E-state index < -0.39 is 11.0 Å². The van der Waals surface area contributed by atoms with Gasteiger partial charge in [0, 0.05) is 12.1 Å². The lowest BCUT2D eigenvalue weighted by Gasteiger charge is -2.08. The van der Waals surface area contributed by atoms with Crippen LogP contribution in [0.2, 0.25) is 0 Å². The minimum Gasteiger partial charge on any atom is -0.490 e. The van der Waals surface area contributed by atoms with Gasteiger partial charge in [0.25, 0.3) is 0 Å². The highest BCUT2D eigenvalue weighted by atomic mass is 35.5. The van der Waals surface area contributed by atoms with Crippen molar-refractivity contribution in [3.05, 3.63) is 46.5 Å². The maximum absolute atomic E-state index is 10.7. The van der Waals surface area contributed by atoms with Crippen LogP contribution in [0, 0.1) is 10.1 Å². The molecule has 2 N–H and O–H groups in total. The first kappa shape index (κ1) is 14.4. The summed E-state index contributed by atoms with van der Waals surface area (Å²) < 4.78 is 4.87. The molecular formula is C10H13ClN2O3. The van der Waals surface area contributed by atoms with Crippen molar-refractivity contribution in [1.29, 1.82) is 0 Å². The summed E-state index contributed by atoms with van der Waals surface area (Å²) in [5, 5.41) is 10.7. The predicted octanol–water partition coefficient (Wildman–Crippen LogP) is 2.21. The number of rotatable bonds is 4. The highest BCUT2D eigenvalue weighted by molar-refractivity contribution is 5.85. The minimum absolute atomic E-state index is 0. The minimum atomic E-state index is -0.502. The molecule has 0 saturated carbocycles. The van der Waals surface area contributed by atoms with Gasteiger partial charge >= 0.3 is 5.69 Å². The Kier molecular flexibility index (Phi) is 5.49. The Morgan fingerprint density at radius 2 is 2.25 bits per heavy atom. The number of nitro benzene ring substituents is 1. The van der Waals surface area contributed by atoms with Gasteiger partial charge in [-0.05, 0) is 11.6 Å². The SMILES string of the molecule is C=C[C@H](N)c1ccc(OC)c([N+](=O)[O-])c1.Cl. The highest BCUT2D eigenvalue weighted by Gasteiger charge is 2.16. The zero-order valence-corrected chi connectivity index (χ0v) is 9.57. The molecule has 0 fully saturated rings.